The molecule has 0 atom stereocenters. The molecule has 0 aromatic heterocycles. The number of rotatable bonds is 10. The average molecular weight is 482 g/mol. The molecule has 7 heteroatoms. The zero-order valence-corrected chi connectivity index (χ0v) is 20.3. The smallest absolute Gasteiger partial charge is 0.223 e. The van der Waals surface area contributed by atoms with E-state index in [1.807, 2.05) is 43.3 Å². The van der Waals surface area contributed by atoms with Crippen molar-refractivity contribution in [1.82, 2.24) is 15.1 Å². The second-order valence-corrected chi connectivity index (χ2v) is 10.0. The molecule has 0 bridgehead atoms. The molecule has 0 radical (unpaired) electrons. The van der Waals surface area contributed by atoms with Crippen molar-refractivity contribution in [3.05, 3.63) is 28.7 Å². The zero-order valence-electron chi connectivity index (χ0n) is 18.7. The molecule has 1 aliphatic heterocycles. The summed E-state index contributed by atoms with van der Waals surface area (Å²) < 4.78 is 6.65. The average Bonchev–Trinajstić information content (AvgIpc) is 2.69. The summed E-state index contributed by atoms with van der Waals surface area (Å²) in [6.07, 6.45) is 2.62. The van der Waals surface area contributed by atoms with E-state index in [4.69, 9.17) is 4.74 Å². The number of nitrogens with zero attached hydrogens (tertiary/aromatic N) is 2. The van der Waals surface area contributed by atoms with Crippen LogP contribution in [0, 0.1) is 11.3 Å². The Labute approximate surface area is 189 Å². The van der Waals surface area contributed by atoms with Crippen molar-refractivity contribution >= 4 is 27.7 Å². The maximum Gasteiger partial charge on any atom is 0.223 e. The molecule has 0 unspecified atom stereocenters. The predicted octanol–water partition coefficient (Wildman–Crippen LogP) is 3.55. The number of carbonyl (C=O) groups excluding carboxylic acids is 2. The van der Waals surface area contributed by atoms with E-state index >= 15 is 0 Å². The highest BCUT2D eigenvalue weighted by atomic mass is 79.9. The second kappa shape index (κ2) is 11.7. The normalized spacial score (nSPS) is 15.3. The highest BCUT2D eigenvalue weighted by molar-refractivity contribution is 9.10. The molecule has 1 aromatic carbocycles. The minimum atomic E-state index is 0.00275. The van der Waals surface area contributed by atoms with Gasteiger partial charge in [-0.25, -0.2) is 0 Å². The zero-order chi connectivity index (χ0) is 22.1. The maximum absolute atomic E-state index is 12.5. The van der Waals surface area contributed by atoms with Crippen LogP contribution in [0.15, 0.2) is 28.7 Å². The van der Waals surface area contributed by atoms with E-state index in [1.165, 1.54) is 0 Å². The number of benzene rings is 1. The third-order valence-electron chi connectivity index (χ3n) is 5.33. The fourth-order valence-electron chi connectivity index (χ4n) is 3.90. The Hall–Kier alpha value is -1.60. The van der Waals surface area contributed by atoms with Crippen molar-refractivity contribution < 1.29 is 14.3 Å². The molecule has 30 heavy (non-hydrogen) atoms. The number of piperidine rings is 1. The first-order chi connectivity index (χ1) is 14.2. The number of likely N-dealkylation sites (tertiary alicyclic amines) is 1. The van der Waals surface area contributed by atoms with Crippen LogP contribution < -0.4 is 10.1 Å². The van der Waals surface area contributed by atoms with Crippen LogP contribution in [0.2, 0.25) is 0 Å². The van der Waals surface area contributed by atoms with E-state index in [1.54, 1.807) is 0 Å². The van der Waals surface area contributed by atoms with Crippen LogP contribution in [0.1, 0.15) is 39.5 Å². The summed E-state index contributed by atoms with van der Waals surface area (Å²) in [4.78, 5) is 29.0. The van der Waals surface area contributed by atoms with E-state index < -0.39 is 0 Å². The number of halogens is 1. The lowest BCUT2D eigenvalue weighted by Crippen LogP contribution is -2.46. The topological polar surface area (TPSA) is 61.9 Å². The lowest BCUT2D eigenvalue weighted by Gasteiger charge is -2.33. The largest absolute Gasteiger partial charge is 0.492 e. The van der Waals surface area contributed by atoms with Gasteiger partial charge in [0.25, 0.3) is 0 Å². The van der Waals surface area contributed by atoms with Gasteiger partial charge in [-0.1, -0.05) is 26.0 Å². The molecule has 168 valence electrons. The van der Waals surface area contributed by atoms with Gasteiger partial charge in [-0.15, -0.1) is 0 Å². The lowest BCUT2D eigenvalue weighted by molar-refractivity contribution is -0.135. The molecule has 0 saturated carbocycles. The number of hydrogen-bond acceptors (Lipinski definition) is 4. The van der Waals surface area contributed by atoms with Gasteiger partial charge >= 0.3 is 0 Å². The molecule has 0 spiro atoms. The highest BCUT2D eigenvalue weighted by Gasteiger charge is 2.28. The van der Waals surface area contributed by atoms with Gasteiger partial charge in [-0.05, 0) is 66.8 Å². The van der Waals surface area contributed by atoms with Crippen molar-refractivity contribution in [1.29, 1.82) is 0 Å². The summed E-state index contributed by atoms with van der Waals surface area (Å²) in [7, 11) is 4.09. The molecule has 0 aliphatic carbocycles. The van der Waals surface area contributed by atoms with Crippen molar-refractivity contribution in [3.63, 3.8) is 0 Å². The first-order valence-corrected chi connectivity index (χ1v) is 11.5. The van der Waals surface area contributed by atoms with Crippen molar-refractivity contribution in [2.45, 2.75) is 39.5 Å². The Morgan fingerprint density at radius 3 is 2.53 bits per heavy atom. The van der Waals surface area contributed by atoms with Crippen molar-refractivity contribution in [2.75, 3.05) is 46.9 Å². The van der Waals surface area contributed by atoms with E-state index in [9.17, 15) is 9.59 Å². The van der Waals surface area contributed by atoms with E-state index in [0.717, 1.165) is 29.6 Å². The third kappa shape index (κ3) is 8.26. The van der Waals surface area contributed by atoms with Crippen LogP contribution in [0.25, 0.3) is 0 Å². The molecule has 1 N–H and O–H groups in total. The predicted molar refractivity (Wildman–Crippen MR) is 124 cm³/mol. The summed E-state index contributed by atoms with van der Waals surface area (Å²) >= 11 is 3.45. The van der Waals surface area contributed by atoms with Crippen molar-refractivity contribution in [2.24, 2.45) is 11.3 Å². The second-order valence-electron chi connectivity index (χ2n) is 9.16. The Bertz CT molecular complexity index is 701. The van der Waals surface area contributed by atoms with Gasteiger partial charge in [0.2, 0.25) is 11.8 Å². The van der Waals surface area contributed by atoms with Crippen LogP contribution in [0.5, 0.6) is 5.75 Å². The van der Waals surface area contributed by atoms with Crippen LogP contribution in [0.3, 0.4) is 0 Å². The number of carbonyl (C=O) groups is 2. The molecular weight excluding hydrogens is 446 g/mol. The standard InChI is InChI=1S/C23H36BrN3O3/c1-23(2,17-26(3)4)16-25-22(29)18-11-13-27(14-12-18)21(28)10-7-15-30-20-9-6-5-8-19(20)24/h5-6,8-9,18H,7,10-17H2,1-4H3,(H,25,29). The number of hydrogen-bond donors (Lipinski definition) is 1. The summed E-state index contributed by atoms with van der Waals surface area (Å²) in [6.45, 7) is 7.73. The molecule has 1 aliphatic rings. The van der Waals surface area contributed by atoms with E-state index in [2.05, 4.69) is 40.0 Å². The van der Waals surface area contributed by atoms with Crippen LogP contribution >= 0.6 is 15.9 Å². The van der Waals surface area contributed by atoms with Gasteiger partial charge in [0.1, 0.15) is 5.75 Å². The molecule has 1 aromatic rings. The van der Waals surface area contributed by atoms with Crippen LogP contribution in [0.4, 0.5) is 0 Å². The van der Waals surface area contributed by atoms with Gasteiger partial charge in [-0.2, -0.15) is 0 Å². The van der Waals surface area contributed by atoms with E-state index in [0.29, 0.717) is 39.1 Å². The third-order valence-corrected chi connectivity index (χ3v) is 5.99. The molecule has 1 saturated heterocycles. The number of ether oxygens (including phenoxy) is 1. The van der Waals surface area contributed by atoms with Gasteiger partial charge < -0.3 is 19.9 Å². The molecular formula is C23H36BrN3O3. The Balaban J connectivity index is 1.65. The lowest BCUT2D eigenvalue weighted by atomic mass is 9.91. The van der Waals surface area contributed by atoms with Crippen LogP contribution in [-0.2, 0) is 9.59 Å². The Morgan fingerprint density at radius 1 is 1.23 bits per heavy atom. The fraction of sp³-hybridized carbons (Fsp3) is 0.652. The summed E-state index contributed by atoms with van der Waals surface area (Å²) in [5.74, 6) is 1.07. The van der Waals surface area contributed by atoms with Gasteiger partial charge in [0.15, 0.2) is 0 Å². The van der Waals surface area contributed by atoms with E-state index in [-0.39, 0.29) is 23.1 Å². The van der Waals surface area contributed by atoms with Gasteiger partial charge in [0.05, 0.1) is 11.1 Å². The highest BCUT2D eigenvalue weighted by Crippen LogP contribution is 2.24. The molecule has 6 nitrogen and oxygen atoms in total. The summed E-state index contributed by atoms with van der Waals surface area (Å²) in [6, 6.07) is 7.71. The first kappa shape index (κ1) is 24.7. The van der Waals surface area contributed by atoms with Crippen molar-refractivity contribution in [3.8, 4) is 5.75 Å². The van der Waals surface area contributed by atoms with Gasteiger partial charge in [0, 0.05) is 38.5 Å². The molecule has 1 heterocycles. The molecule has 1 fully saturated rings. The van der Waals surface area contributed by atoms with Crippen LogP contribution in [-0.4, -0.2) is 68.5 Å². The minimum Gasteiger partial charge on any atom is -0.492 e. The number of amides is 2. The summed E-state index contributed by atoms with van der Waals surface area (Å²) in [5.41, 5.74) is 0.0350. The monoisotopic (exact) mass is 481 g/mol. The molecule has 2 rings (SSSR count). The quantitative estimate of drug-likeness (QED) is 0.519. The fourth-order valence-corrected chi connectivity index (χ4v) is 4.30. The minimum absolute atomic E-state index is 0.00275. The SMILES string of the molecule is CN(C)CC(C)(C)CNC(=O)C1CCN(C(=O)CCCOc2ccccc2Br)CC1. The maximum atomic E-state index is 12.5. The Kier molecular flexibility index (Phi) is 9.62. The number of para-hydroxylation sites is 1. The summed E-state index contributed by atoms with van der Waals surface area (Å²) in [5, 5.41) is 3.11. The number of nitrogens with one attached hydrogen (secondary N) is 1. The van der Waals surface area contributed by atoms with Gasteiger partial charge in [-0.3, -0.25) is 9.59 Å². The Morgan fingerprint density at radius 2 is 1.90 bits per heavy atom. The molecule has 2 amide bonds. The first-order valence-electron chi connectivity index (χ1n) is 10.8.